The summed E-state index contributed by atoms with van der Waals surface area (Å²) in [7, 11) is 0. The van der Waals surface area contributed by atoms with Crippen LogP contribution < -0.4 is 16.0 Å². The van der Waals surface area contributed by atoms with Crippen LogP contribution in [0.4, 0.5) is 21.2 Å². The van der Waals surface area contributed by atoms with Crippen molar-refractivity contribution in [1.29, 1.82) is 0 Å². The molecule has 0 aliphatic carbocycles. The average molecular weight is 786 g/mol. The fourth-order valence-electron chi connectivity index (χ4n) is 5.44. The highest BCUT2D eigenvalue weighted by atomic mass is 32.2. The number of hydrogen-bond donors (Lipinski definition) is 3. The van der Waals surface area contributed by atoms with Crippen LogP contribution in [0.15, 0.2) is 89.5 Å². The minimum absolute atomic E-state index is 0.0533. The van der Waals surface area contributed by atoms with Crippen molar-refractivity contribution in [3.8, 4) is 0 Å². The topological polar surface area (TPSA) is 186 Å². The number of nitrogens with zero attached hydrogens (tertiary/aromatic N) is 2. The Morgan fingerprint density at radius 3 is 2.42 bits per heavy atom. The fraction of sp³-hybridized carbons (Fsp3) is 0.256. The average Bonchev–Trinajstić information content (AvgIpc) is 3.50. The molecule has 1 aromatic heterocycles. The number of thiophene rings is 1. The van der Waals surface area contributed by atoms with Gasteiger partial charge in [0, 0.05) is 33.6 Å². The van der Waals surface area contributed by atoms with E-state index in [1.165, 1.54) is 47.4 Å². The molecule has 0 radical (unpaired) electrons. The second-order valence-electron chi connectivity index (χ2n) is 13.1. The summed E-state index contributed by atoms with van der Waals surface area (Å²) in [4.78, 5) is 79.7. The van der Waals surface area contributed by atoms with Crippen LogP contribution >= 0.6 is 23.1 Å². The van der Waals surface area contributed by atoms with E-state index >= 15 is 0 Å². The number of amides is 4. The minimum atomic E-state index is -0.735. The lowest BCUT2D eigenvalue weighted by Gasteiger charge is -2.30. The lowest BCUT2D eigenvalue weighted by atomic mass is 10.0. The number of carbonyl (C=O) groups excluding carboxylic acids is 5. The van der Waals surface area contributed by atoms with Crippen LogP contribution in [-0.4, -0.2) is 64.1 Å². The van der Waals surface area contributed by atoms with Gasteiger partial charge in [-0.1, -0.05) is 36.4 Å². The van der Waals surface area contributed by atoms with Crippen LogP contribution in [0.5, 0.6) is 0 Å². The Morgan fingerprint density at radius 2 is 1.71 bits per heavy atom. The SMILES string of the molecule is CCOC(=O)c1c(NC(=O)CSc2cccc(NC(=O)/C(=C\c3ccccc3[N+](=O)[O-])NC(=O)c3ccccc3)c2)sc2c1CCN(C(=O)OC(C)(C)C)C2. The molecule has 3 aromatic carbocycles. The molecular weight excluding hydrogens is 747 g/mol. The molecule has 0 saturated carbocycles. The van der Waals surface area contributed by atoms with Crippen LogP contribution in [0.25, 0.3) is 6.08 Å². The standard InChI is InChI=1S/C39H39N5O9S2/c1-5-52-37(48)33-28-18-19-43(38(49)53-39(2,3)4)22-31(28)55-36(33)42-32(45)23-54-27-16-11-15-26(21-27)40-35(47)29(41-34(46)24-12-7-6-8-13-24)20-25-14-9-10-17-30(25)44(50)51/h6-17,20-21H,5,18-19,22-23H2,1-4H3,(H,40,47)(H,41,46)(H,42,45)/b29-20+. The molecule has 16 heteroatoms. The Balaban J connectivity index is 1.29. The molecule has 0 atom stereocenters. The number of para-hydroxylation sites is 1. The van der Waals surface area contributed by atoms with E-state index < -0.39 is 40.3 Å². The Bertz CT molecular complexity index is 2140. The smallest absolute Gasteiger partial charge is 0.410 e. The number of thioether (sulfide) groups is 1. The molecule has 1 aliphatic rings. The quantitative estimate of drug-likeness (QED) is 0.0434. The third-order valence-electron chi connectivity index (χ3n) is 7.87. The summed E-state index contributed by atoms with van der Waals surface area (Å²) < 4.78 is 10.8. The van der Waals surface area contributed by atoms with Crippen molar-refractivity contribution in [3.63, 3.8) is 0 Å². The highest BCUT2D eigenvalue weighted by molar-refractivity contribution is 8.00. The van der Waals surface area contributed by atoms with Crippen molar-refractivity contribution in [2.45, 2.75) is 51.2 Å². The van der Waals surface area contributed by atoms with E-state index in [1.54, 1.807) is 93.3 Å². The van der Waals surface area contributed by atoms with E-state index in [-0.39, 0.29) is 47.0 Å². The number of nitro benzene ring substituents is 1. The highest BCUT2D eigenvalue weighted by Gasteiger charge is 2.33. The number of hydrogen-bond acceptors (Lipinski definition) is 11. The van der Waals surface area contributed by atoms with Crippen LogP contribution in [0.2, 0.25) is 0 Å². The number of fused-ring (bicyclic) bond motifs is 1. The van der Waals surface area contributed by atoms with E-state index in [0.29, 0.717) is 28.5 Å². The summed E-state index contributed by atoms with van der Waals surface area (Å²) in [6, 6.07) is 20.7. The molecule has 2 heterocycles. The monoisotopic (exact) mass is 785 g/mol. The zero-order valence-electron chi connectivity index (χ0n) is 30.5. The maximum atomic E-state index is 13.6. The van der Waals surface area contributed by atoms with Gasteiger partial charge in [-0.2, -0.15) is 0 Å². The second kappa shape index (κ2) is 17.9. The van der Waals surface area contributed by atoms with Crippen molar-refractivity contribution in [2.24, 2.45) is 0 Å². The number of benzene rings is 3. The first-order chi connectivity index (χ1) is 26.2. The first kappa shape index (κ1) is 40.2. The second-order valence-corrected chi connectivity index (χ2v) is 15.2. The maximum absolute atomic E-state index is 13.6. The summed E-state index contributed by atoms with van der Waals surface area (Å²) in [5.41, 5.74) is 0.577. The third-order valence-corrected chi connectivity index (χ3v) is 9.99. The number of anilines is 2. The molecule has 0 unspecified atom stereocenters. The van der Waals surface area contributed by atoms with Crippen LogP contribution in [0.1, 0.15) is 64.4 Å². The Kier molecular flexibility index (Phi) is 13.1. The van der Waals surface area contributed by atoms with Crippen LogP contribution in [-0.2, 0) is 32.0 Å². The van der Waals surface area contributed by atoms with Crippen LogP contribution in [0, 0.1) is 10.1 Å². The van der Waals surface area contributed by atoms with Gasteiger partial charge in [-0.15, -0.1) is 23.1 Å². The molecule has 55 heavy (non-hydrogen) atoms. The zero-order chi connectivity index (χ0) is 39.7. The summed E-state index contributed by atoms with van der Waals surface area (Å²) in [6.07, 6.45) is 1.16. The van der Waals surface area contributed by atoms with E-state index in [9.17, 15) is 34.1 Å². The molecule has 0 bridgehead atoms. The largest absolute Gasteiger partial charge is 0.462 e. The molecule has 4 aromatic rings. The van der Waals surface area contributed by atoms with E-state index in [2.05, 4.69) is 16.0 Å². The van der Waals surface area contributed by atoms with Gasteiger partial charge in [0.25, 0.3) is 17.5 Å². The summed E-state index contributed by atoms with van der Waals surface area (Å²) >= 11 is 2.39. The fourth-order valence-corrected chi connectivity index (χ4v) is 7.46. The summed E-state index contributed by atoms with van der Waals surface area (Å²) in [5.74, 6) is -2.34. The molecule has 0 spiro atoms. The molecule has 5 rings (SSSR count). The van der Waals surface area contributed by atoms with Crippen molar-refractivity contribution >= 4 is 75.3 Å². The number of rotatable bonds is 12. The first-order valence-corrected chi connectivity index (χ1v) is 19.0. The van der Waals surface area contributed by atoms with Crippen molar-refractivity contribution in [2.75, 3.05) is 29.5 Å². The normalized spacial score (nSPS) is 12.6. The number of carbonyl (C=O) groups is 5. The molecule has 1 aliphatic heterocycles. The van der Waals surface area contributed by atoms with Gasteiger partial charge in [0.1, 0.15) is 16.3 Å². The van der Waals surface area contributed by atoms with Gasteiger partial charge in [0.05, 0.1) is 35.0 Å². The molecule has 0 saturated heterocycles. The van der Waals surface area contributed by atoms with Gasteiger partial charge in [0.15, 0.2) is 0 Å². The van der Waals surface area contributed by atoms with Gasteiger partial charge in [-0.05, 0) is 82.2 Å². The van der Waals surface area contributed by atoms with Crippen molar-refractivity contribution < 1.29 is 38.4 Å². The van der Waals surface area contributed by atoms with Gasteiger partial charge >= 0.3 is 12.1 Å². The van der Waals surface area contributed by atoms with Crippen LogP contribution in [0.3, 0.4) is 0 Å². The zero-order valence-corrected chi connectivity index (χ0v) is 32.1. The molecule has 0 fully saturated rings. The van der Waals surface area contributed by atoms with E-state index in [1.807, 2.05) is 0 Å². The number of ether oxygens (including phenoxy) is 2. The predicted octanol–water partition coefficient (Wildman–Crippen LogP) is 7.27. The summed E-state index contributed by atoms with van der Waals surface area (Å²) in [6.45, 7) is 7.76. The van der Waals surface area contributed by atoms with Gasteiger partial charge in [-0.25, -0.2) is 9.59 Å². The first-order valence-electron chi connectivity index (χ1n) is 17.2. The van der Waals surface area contributed by atoms with Gasteiger partial charge in [0.2, 0.25) is 5.91 Å². The van der Waals surface area contributed by atoms with E-state index in [4.69, 9.17) is 9.47 Å². The molecule has 14 nitrogen and oxygen atoms in total. The molecular formula is C39H39N5O9S2. The Hall–Kier alpha value is -6.00. The molecule has 286 valence electrons. The van der Waals surface area contributed by atoms with E-state index in [0.717, 1.165) is 10.4 Å². The van der Waals surface area contributed by atoms with Gasteiger partial charge < -0.3 is 30.3 Å². The van der Waals surface area contributed by atoms with Gasteiger partial charge in [-0.3, -0.25) is 24.5 Å². The Labute approximate surface area is 325 Å². The maximum Gasteiger partial charge on any atom is 0.410 e. The number of nitrogens with one attached hydrogen (secondary N) is 3. The number of esters is 1. The van der Waals surface area contributed by atoms with Crippen molar-refractivity contribution in [1.82, 2.24) is 10.2 Å². The molecule has 3 N–H and O–H groups in total. The highest BCUT2D eigenvalue weighted by Crippen LogP contribution is 2.38. The minimum Gasteiger partial charge on any atom is -0.462 e. The third kappa shape index (κ3) is 10.8. The van der Waals surface area contributed by atoms with Crippen molar-refractivity contribution in [3.05, 3.63) is 122 Å². The lowest BCUT2D eigenvalue weighted by Crippen LogP contribution is -2.39. The lowest BCUT2D eigenvalue weighted by molar-refractivity contribution is -0.385. The summed E-state index contributed by atoms with van der Waals surface area (Å²) in [5, 5.41) is 20.1. The predicted molar refractivity (Wildman–Crippen MR) is 210 cm³/mol. The molecule has 4 amide bonds. The Morgan fingerprint density at radius 1 is 0.982 bits per heavy atom. The number of nitro groups is 1.